The van der Waals surface area contributed by atoms with E-state index in [9.17, 15) is 9.90 Å². The van der Waals surface area contributed by atoms with Crippen molar-refractivity contribution in [2.24, 2.45) is 5.73 Å². The smallest absolute Gasteiger partial charge is 0.224 e. The molecule has 1 aliphatic rings. The summed E-state index contributed by atoms with van der Waals surface area (Å²) >= 11 is 1.56. The summed E-state index contributed by atoms with van der Waals surface area (Å²) < 4.78 is 0. The van der Waals surface area contributed by atoms with Crippen molar-refractivity contribution in [2.75, 3.05) is 6.54 Å². The molecule has 1 saturated heterocycles. The zero-order chi connectivity index (χ0) is 16.9. The molecule has 5 heteroatoms. The van der Waals surface area contributed by atoms with Crippen LogP contribution in [0, 0.1) is 0 Å². The molecule has 1 aromatic carbocycles. The molecule has 0 bridgehead atoms. The molecule has 1 aromatic heterocycles. The van der Waals surface area contributed by atoms with Crippen LogP contribution >= 0.6 is 11.3 Å². The number of nitrogens with two attached hydrogens (primary N) is 1. The van der Waals surface area contributed by atoms with Crippen LogP contribution in [0.2, 0.25) is 0 Å². The van der Waals surface area contributed by atoms with Gasteiger partial charge in [0.15, 0.2) is 0 Å². The molecule has 3 atom stereocenters. The van der Waals surface area contributed by atoms with Crippen LogP contribution in [0.3, 0.4) is 0 Å². The molecule has 1 aliphatic heterocycles. The molecular formula is C19H24N2O2S. The van der Waals surface area contributed by atoms with Crippen molar-refractivity contribution in [1.29, 1.82) is 0 Å². The van der Waals surface area contributed by atoms with Crippen molar-refractivity contribution in [3.05, 3.63) is 58.3 Å². The number of aliphatic hydroxyl groups is 1. The third kappa shape index (κ3) is 4.04. The van der Waals surface area contributed by atoms with Crippen molar-refractivity contribution in [3.8, 4) is 0 Å². The van der Waals surface area contributed by atoms with Gasteiger partial charge < -0.3 is 15.7 Å². The van der Waals surface area contributed by atoms with Crippen molar-refractivity contribution in [2.45, 2.75) is 43.9 Å². The molecule has 0 aliphatic carbocycles. The summed E-state index contributed by atoms with van der Waals surface area (Å²) in [6.07, 6.45) is 2.37. The molecule has 1 amide bonds. The van der Waals surface area contributed by atoms with Gasteiger partial charge in [0.25, 0.3) is 0 Å². The molecule has 2 aromatic rings. The Labute approximate surface area is 146 Å². The third-order valence-electron chi connectivity index (χ3n) is 4.69. The van der Waals surface area contributed by atoms with E-state index in [-0.39, 0.29) is 18.0 Å². The molecule has 2 heterocycles. The molecule has 4 nitrogen and oxygen atoms in total. The van der Waals surface area contributed by atoms with Crippen molar-refractivity contribution in [3.63, 3.8) is 0 Å². The Hall–Kier alpha value is -1.69. The van der Waals surface area contributed by atoms with Gasteiger partial charge in [-0.2, -0.15) is 0 Å². The van der Waals surface area contributed by atoms with Gasteiger partial charge in [-0.25, -0.2) is 0 Å². The van der Waals surface area contributed by atoms with Crippen LogP contribution in [-0.2, 0) is 4.79 Å². The summed E-state index contributed by atoms with van der Waals surface area (Å²) in [5.41, 5.74) is 7.18. The number of rotatable bonds is 6. The Morgan fingerprint density at radius 2 is 2.08 bits per heavy atom. The molecule has 128 valence electrons. The lowest BCUT2D eigenvalue weighted by molar-refractivity contribution is -0.132. The first kappa shape index (κ1) is 17.1. The number of benzene rings is 1. The minimum atomic E-state index is -0.494. The van der Waals surface area contributed by atoms with Crippen molar-refractivity contribution < 1.29 is 9.90 Å². The van der Waals surface area contributed by atoms with E-state index in [4.69, 9.17) is 5.73 Å². The zero-order valence-corrected chi connectivity index (χ0v) is 14.5. The van der Waals surface area contributed by atoms with E-state index in [1.165, 1.54) is 0 Å². The van der Waals surface area contributed by atoms with Gasteiger partial charge in [0, 0.05) is 29.9 Å². The Kier molecular flexibility index (Phi) is 5.66. The summed E-state index contributed by atoms with van der Waals surface area (Å²) in [7, 11) is 0. The van der Waals surface area contributed by atoms with Gasteiger partial charge in [0.05, 0.1) is 6.10 Å². The van der Waals surface area contributed by atoms with Gasteiger partial charge >= 0.3 is 0 Å². The summed E-state index contributed by atoms with van der Waals surface area (Å²) in [6.45, 7) is 0.766. The number of hydrogen-bond donors (Lipinski definition) is 2. The van der Waals surface area contributed by atoms with E-state index >= 15 is 0 Å². The molecule has 0 spiro atoms. The quantitative estimate of drug-likeness (QED) is 0.845. The van der Waals surface area contributed by atoms with E-state index in [1.807, 2.05) is 52.7 Å². The van der Waals surface area contributed by atoms with Gasteiger partial charge in [-0.3, -0.25) is 4.79 Å². The first-order valence-corrected chi connectivity index (χ1v) is 9.34. The van der Waals surface area contributed by atoms with Crippen molar-refractivity contribution in [1.82, 2.24) is 4.90 Å². The number of likely N-dealkylation sites (tertiary alicyclic amines) is 1. The number of carbonyl (C=O) groups is 1. The van der Waals surface area contributed by atoms with Crippen LogP contribution in [-0.4, -0.2) is 28.5 Å². The first-order valence-electron chi connectivity index (χ1n) is 8.46. The minimum absolute atomic E-state index is 0.0900. The summed E-state index contributed by atoms with van der Waals surface area (Å²) in [6, 6.07) is 13.5. The van der Waals surface area contributed by atoms with Crippen molar-refractivity contribution >= 4 is 17.2 Å². The van der Waals surface area contributed by atoms with Gasteiger partial charge in [-0.15, -0.1) is 11.3 Å². The Bertz CT molecular complexity index is 645. The molecule has 3 N–H and O–H groups in total. The van der Waals surface area contributed by atoms with E-state index in [0.29, 0.717) is 12.8 Å². The maximum absolute atomic E-state index is 12.7. The number of nitrogens with zero attached hydrogens (tertiary/aromatic N) is 1. The van der Waals surface area contributed by atoms with Crippen LogP contribution in [0.4, 0.5) is 0 Å². The van der Waals surface area contributed by atoms with Crippen LogP contribution in [0.1, 0.15) is 48.3 Å². The molecule has 0 saturated carbocycles. The highest BCUT2D eigenvalue weighted by Gasteiger charge is 2.31. The lowest BCUT2D eigenvalue weighted by Crippen LogP contribution is -2.38. The summed E-state index contributed by atoms with van der Waals surface area (Å²) in [5, 5.41) is 12.3. The van der Waals surface area contributed by atoms with Crippen LogP contribution in [0.5, 0.6) is 0 Å². The number of amides is 1. The molecule has 1 fully saturated rings. The minimum Gasteiger partial charge on any atom is -0.387 e. The number of carbonyl (C=O) groups excluding carboxylic acids is 1. The van der Waals surface area contributed by atoms with Gasteiger partial charge in [-0.05, 0) is 36.3 Å². The second-order valence-corrected chi connectivity index (χ2v) is 7.35. The maximum atomic E-state index is 12.7. The highest BCUT2D eigenvalue weighted by atomic mass is 32.1. The molecular weight excluding hydrogens is 320 g/mol. The highest BCUT2D eigenvalue weighted by Crippen LogP contribution is 2.30. The van der Waals surface area contributed by atoms with Gasteiger partial charge in [-0.1, -0.05) is 36.4 Å². The van der Waals surface area contributed by atoms with Crippen LogP contribution in [0.15, 0.2) is 47.8 Å². The average Bonchev–Trinajstić information content (AvgIpc) is 3.27. The monoisotopic (exact) mass is 344 g/mol. The second kappa shape index (κ2) is 7.92. The van der Waals surface area contributed by atoms with E-state index in [0.717, 1.165) is 29.8 Å². The Morgan fingerprint density at radius 1 is 1.29 bits per heavy atom. The maximum Gasteiger partial charge on any atom is 0.224 e. The average molecular weight is 344 g/mol. The fourth-order valence-corrected chi connectivity index (χ4v) is 4.11. The molecule has 24 heavy (non-hydrogen) atoms. The molecule has 3 rings (SSSR count). The van der Waals surface area contributed by atoms with E-state index < -0.39 is 6.10 Å². The molecule has 0 radical (unpaired) electrons. The standard InChI is InChI=1S/C19H24N2O2S/c20-16(14-6-2-1-3-7-14)13-19(23)21-10-4-8-15(21)12-17(22)18-9-5-11-24-18/h1-3,5-7,9,11,15-17,22H,4,8,10,12-13,20H2. The largest absolute Gasteiger partial charge is 0.387 e. The summed E-state index contributed by atoms with van der Waals surface area (Å²) in [4.78, 5) is 15.6. The molecule has 3 unspecified atom stereocenters. The highest BCUT2D eigenvalue weighted by molar-refractivity contribution is 7.10. The van der Waals surface area contributed by atoms with E-state index in [2.05, 4.69) is 0 Å². The Morgan fingerprint density at radius 3 is 2.79 bits per heavy atom. The number of hydrogen-bond acceptors (Lipinski definition) is 4. The first-order chi connectivity index (χ1) is 11.6. The van der Waals surface area contributed by atoms with Crippen LogP contribution in [0.25, 0.3) is 0 Å². The fraction of sp³-hybridized carbons (Fsp3) is 0.421. The topological polar surface area (TPSA) is 66.6 Å². The normalized spacial score (nSPS) is 20.1. The second-order valence-electron chi connectivity index (χ2n) is 6.37. The predicted molar refractivity (Wildman–Crippen MR) is 96.6 cm³/mol. The SMILES string of the molecule is NC(CC(=O)N1CCCC1CC(O)c1cccs1)c1ccccc1. The lowest BCUT2D eigenvalue weighted by Gasteiger charge is -2.27. The number of aliphatic hydroxyl groups excluding tert-OH is 1. The zero-order valence-electron chi connectivity index (χ0n) is 13.7. The van der Waals surface area contributed by atoms with E-state index in [1.54, 1.807) is 11.3 Å². The fourth-order valence-electron chi connectivity index (χ4n) is 3.39. The third-order valence-corrected chi connectivity index (χ3v) is 5.66. The predicted octanol–water partition coefficient (Wildman–Crippen LogP) is 3.25. The lowest BCUT2D eigenvalue weighted by atomic mass is 10.0. The summed E-state index contributed by atoms with van der Waals surface area (Å²) in [5.74, 6) is 0.0900. The van der Waals surface area contributed by atoms with Crippen LogP contribution < -0.4 is 5.73 Å². The van der Waals surface area contributed by atoms with Gasteiger partial charge in [0.2, 0.25) is 5.91 Å². The van der Waals surface area contributed by atoms with Gasteiger partial charge in [0.1, 0.15) is 0 Å². The Balaban J connectivity index is 1.59. The number of thiophene rings is 1.